The van der Waals surface area contributed by atoms with Crippen molar-refractivity contribution in [3.05, 3.63) is 29.0 Å². The van der Waals surface area contributed by atoms with Gasteiger partial charge >= 0.3 is 5.97 Å². The van der Waals surface area contributed by atoms with Crippen LogP contribution >= 0.6 is 0 Å². The molecule has 4 rings (SSSR count). The lowest BCUT2D eigenvalue weighted by Crippen LogP contribution is -2.05. The quantitative estimate of drug-likeness (QED) is 0.931. The Bertz CT molecular complexity index is 795. The number of aromatic carboxylic acids is 1. The van der Waals surface area contributed by atoms with Gasteiger partial charge < -0.3 is 19.1 Å². The third-order valence-electron chi connectivity index (χ3n) is 4.99. The second kappa shape index (κ2) is 5.01. The van der Waals surface area contributed by atoms with Crippen LogP contribution in [0.1, 0.15) is 52.7 Å². The largest absolute Gasteiger partial charge is 0.496 e. The molecule has 23 heavy (non-hydrogen) atoms. The first kappa shape index (κ1) is 14.1. The van der Waals surface area contributed by atoms with E-state index in [1.807, 2.05) is 6.07 Å². The van der Waals surface area contributed by atoms with E-state index in [2.05, 4.69) is 5.16 Å². The van der Waals surface area contributed by atoms with Gasteiger partial charge in [0, 0.05) is 17.2 Å². The number of fused-ring (bicyclic) bond motifs is 5. The fraction of sp³-hybridized carbons (Fsp3) is 0.412. The molecule has 1 aromatic heterocycles. The lowest BCUT2D eigenvalue weighted by molar-refractivity contribution is 0.0686. The molecule has 2 bridgehead atoms. The number of ether oxygens (including phenoxy) is 2. The smallest absolute Gasteiger partial charge is 0.358 e. The van der Waals surface area contributed by atoms with Crippen molar-refractivity contribution in [2.75, 3.05) is 14.2 Å². The van der Waals surface area contributed by atoms with Crippen LogP contribution in [-0.4, -0.2) is 30.5 Å². The van der Waals surface area contributed by atoms with E-state index in [0.29, 0.717) is 23.2 Å². The first-order valence-corrected chi connectivity index (χ1v) is 7.63. The summed E-state index contributed by atoms with van der Waals surface area (Å²) in [5.74, 6) is 1.82. The van der Waals surface area contributed by atoms with E-state index in [9.17, 15) is 4.79 Å². The van der Waals surface area contributed by atoms with E-state index >= 15 is 0 Å². The Labute approximate surface area is 133 Å². The van der Waals surface area contributed by atoms with Gasteiger partial charge in [0.2, 0.25) is 0 Å². The Hall–Kier alpha value is -2.50. The number of carboxylic acids is 1. The number of hydrogen-bond acceptors (Lipinski definition) is 5. The lowest BCUT2D eigenvalue weighted by atomic mass is 9.88. The Morgan fingerprint density at radius 3 is 2.57 bits per heavy atom. The molecule has 2 atom stereocenters. The summed E-state index contributed by atoms with van der Waals surface area (Å²) in [5.41, 5.74) is 2.99. The van der Waals surface area contributed by atoms with Gasteiger partial charge in [-0.1, -0.05) is 5.16 Å². The maximum absolute atomic E-state index is 11.0. The van der Waals surface area contributed by atoms with E-state index in [-0.39, 0.29) is 5.69 Å². The van der Waals surface area contributed by atoms with Gasteiger partial charge in [0.25, 0.3) is 0 Å². The minimum absolute atomic E-state index is 0.122. The van der Waals surface area contributed by atoms with Crippen molar-refractivity contribution in [1.82, 2.24) is 5.16 Å². The highest BCUT2D eigenvalue weighted by Gasteiger charge is 2.42. The van der Waals surface area contributed by atoms with Crippen LogP contribution in [0.4, 0.5) is 0 Å². The zero-order valence-electron chi connectivity index (χ0n) is 13.0. The molecule has 2 aromatic rings. The van der Waals surface area contributed by atoms with Gasteiger partial charge in [-0.25, -0.2) is 4.79 Å². The molecule has 120 valence electrons. The molecule has 0 amide bonds. The van der Waals surface area contributed by atoms with Gasteiger partial charge in [0.05, 0.1) is 19.8 Å². The predicted octanol–water partition coefficient (Wildman–Crippen LogP) is 3.42. The highest BCUT2D eigenvalue weighted by molar-refractivity contribution is 5.87. The van der Waals surface area contributed by atoms with Crippen LogP contribution in [0.2, 0.25) is 0 Å². The molecule has 1 aromatic carbocycles. The van der Waals surface area contributed by atoms with E-state index < -0.39 is 5.97 Å². The molecular formula is C17H17NO5. The average Bonchev–Trinajstić information content (AvgIpc) is 3.28. The van der Waals surface area contributed by atoms with Crippen LogP contribution in [0.25, 0.3) is 11.3 Å². The van der Waals surface area contributed by atoms with Crippen LogP contribution in [-0.2, 0) is 0 Å². The van der Waals surface area contributed by atoms with Crippen molar-refractivity contribution >= 4 is 5.97 Å². The van der Waals surface area contributed by atoms with Gasteiger partial charge in [-0.05, 0) is 37.2 Å². The summed E-state index contributed by atoms with van der Waals surface area (Å²) in [6.07, 6.45) is 3.46. The van der Waals surface area contributed by atoms with Crippen molar-refractivity contribution in [3.63, 3.8) is 0 Å². The monoisotopic (exact) mass is 315 g/mol. The fourth-order valence-electron chi connectivity index (χ4n) is 4.08. The summed E-state index contributed by atoms with van der Waals surface area (Å²) in [6, 6.07) is 3.28. The zero-order chi connectivity index (χ0) is 16.1. The third-order valence-corrected chi connectivity index (χ3v) is 4.99. The van der Waals surface area contributed by atoms with Crippen LogP contribution in [0, 0.1) is 0 Å². The standard InChI is InChI=1S/C17H17NO5/c1-21-13-6-10(12-7-11(17(19)20)18-23-12)16(22-2)15-9-4-3-8(5-9)14(13)15/h6-9H,3-5H2,1-2H3,(H,19,20). The van der Waals surface area contributed by atoms with Crippen molar-refractivity contribution in [3.8, 4) is 22.8 Å². The lowest BCUT2D eigenvalue weighted by Gasteiger charge is -2.22. The number of benzene rings is 1. The molecule has 1 fully saturated rings. The van der Waals surface area contributed by atoms with Gasteiger partial charge in [-0.15, -0.1) is 0 Å². The first-order valence-electron chi connectivity index (χ1n) is 7.63. The third kappa shape index (κ3) is 1.94. The van der Waals surface area contributed by atoms with E-state index in [4.69, 9.17) is 19.1 Å². The normalized spacial score (nSPS) is 21.3. The van der Waals surface area contributed by atoms with Crippen molar-refractivity contribution in [2.45, 2.75) is 31.1 Å². The molecule has 0 aliphatic heterocycles. The van der Waals surface area contributed by atoms with Gasteiger partial charge in [-0.2, -0.15) is 0 Å². The molecule has 0 saturated heterocycles. The van der Waals surface area contributed by atoms with Gasteiger partial charge in [0.1, 0.15) is 11.5 Å². The van der Waals surface area contributed by atoms with Crippen LogP contribution in [0.15, 0.2) is 16.7 Å². The summed E-state index contributed by atoms with van der Waals surface area (Å²) in [5, 5.41) is 12.6. The molecule has 6 nitrogen and oxygen atoms in total. The second-order valence-electron chi connectivity index (χ2n) is 6.08. The molecule has 1 heterocycles. The highest BCUT2D eigenvalue weighted by atomic mass is 16.5. The van der Waals surface area contributed by atoms with Crippen LogP contribution in [0.3, 0.4) is 0 Å². The maximum atomic E-state index is 11.0. The molecule has 1 N–H and O–H groups in total. The molecular weight excluding hydrogens is 298 g/mol. The molecule has 0 radical (unpaired) electrons. The zero-order valence-corrected chi connectivity index (χ0v) is 13.0. The minimum Gasteiger partial charge on any atom is -0.496 e. The average molecular weight is 315 g/mol. The number of carboxylic acid groups (broad SMARTS) is 1. The van der Waals surface area contributed by atoms with Crippen molar-refractivity contribution in [2.24, 2.45) is 0 Å². The molecule has 2 unspecified atom stereocenters. The summed E-state index contributed by atoms with van der Waals surface area (Å²) < 4.78 is 16.5. The van der Waals surface area contributed by atoms with Crippen molar-refractivity contribution in [1.29, 1.82) is 0 Å². The van der Waals surface area contributed by atoms with E-state index in [1.54, 1.807) is 14.2 Å². The number of hydrogen-bond donors (Lipinski definition) is 1. The fourth-order valence-corrected chi connectivity index (χ4v) is 4.08. The Kier molecular flexibility index (Phi) is 3.07. The number of methoxy groups -OCH3 is 2. The van der Waals surface area contributed by atoms with Gasteiger partial charge in [0.15, 0.2) is 11.5 Å². The van der Waals surface area contributed by atoms with Crippen LogP contribution in [0.5, 0.6) is 11.5 Å². The van der Waals surface area contributed by atoms with E-state index in [0.717, 1.165) is 24.3 Å². The van der Waals surface area contributed by atoms with Gasteiger partial charge in [-0.3, -0.25) is 0 Å². The summed E-state index contributed by atoms with van der Waals surface area (Å²) in [6.45, 7) is 0. The predicted molar refractivity (Wildman–Crippen MR) is 81.3 cm³/mol. The molecule has 0 spiro atoms. The molecule has 2 aliphatic carbocycles. The topological polar surface area (TPSA) is 81.8 Å². The molecule has 2 aliphatic rings. The van der Waals surface area contributed by atoms with Crippen LogP contribution < -0.4 is 9.47 Å². The Morgan fingerprint density at radius 1 is 1.22 bits per heavy atom. The summed E-state index contributed by atoms with van der Waals surface area (Å²) in [7, 11) is 3.28. The highest BCUT2D eigenvalue weighted by Crippen LogP contribution is 2.60. The summed E-state index contributed by atoms with van der Waals surface area (Å²) >= 11 is 0. The maximum Gasteiger partial charge on any atom is 0.358 e. The second-order valence-corrected chi connectivity index (χ2v) is 6.08. The Balaban J connectivity index is 1.93. The summed E-state index contributed by atoms with van der Waals surface area (Å²) in [4.78, 5) is 11.0. The minimum atomic E-state index is -1.12. The molecule has 6 heteroatoms. The number of nitrogens with zero attached hydrogens (tertiary/aromatic N) is 1. The SMILES string of the molecule is COc1cc(-c2cc(C(=O)O)no2)c(OC)c2c1C1CCC2C1. The number of carbonyl (C=O) groups is 1. The Morgan fingerprint density at radius 2 is 1.96 bits per heavy atom. The molecule has 1 saturated carbocycles. The van der Waals surface area contributed by atoms with E-state index in [1.165, 1.54) is 23.6 Å². The number of aromatic nitrogens is 1. The number of rotatable bonds is 4. The van der Waals surface area contributed by atoms with Crippen molar-refractivity contribution < 1.29 is 23.9 Å². The first-order chi connectivity index (χ1) is 11.1.